The molecular formula is C13H15ClN4O2. The molecule has 1 aromatic rings. The Balaban J connectivity index is 2.01. The number of carbonyl (C=O) groups excluding carboxylic acids is 1. The second-order valence-corrected chi connectivity index (χ2v) is 4.59. The SMILES string of the molecule is COC(=O)c1ccc(CN=C2NC(C)=NC(Cl)N2)cc1. The summed E-state index contributed by atoms with van der Waals surface area (Å²) in [5.74, 6) is 0.938. The highest BCUT2D eigenvalue weighted by molar-refractivity contribution is 6.23. The zero-order valence-electron chi connectivity index (χ0n) is 11.2. The van der Waals surface area contributed by atoms with Crippen LogP contribution in [0, 0.1) is 0 Å². The lowest BCUT2D eigenvalue weighted by Gasteiger charge is -2.19. The number of nitrogens with zero attached hydrogens (tertiary/aromatic N) is 2. The highest BCUT2D eigenvalue weighted by Crippen LogP contribution is 2.07. The van der Waals surface area contributed by atoms with E-state index < -0.39 is 5.62 Å². The summed E-state index contributed by atoms with van der Waals surface area (Å²) in [6.45, 7) is 2.28. The first-order valence-corrected chi connectivity index (χ1v) is 6.46. The first kappa shape index (κ1) is 14.3. The van der Waals surface area contributed by atoms with Gasteiger partial charge in [-0.3, -0.25) is 0 Å². The summed E-state index contributed by atoms with van der Waals surface area (Å²) in [6.07, 6.45) is 0. The smallest absolute Gasteiger partial charge is 0.337 e. The van der Waals surface area contributed by atoms with Crippen LogP contribution in [-0.2, 0) is 11.3 Å². The molecule has 0 saturated heterocycles. The first-order chi connectivity index (χ1) is 9.58. The molecular weight excluding hydrogens is 280 g/mol. The molecule has 0 aliphatic carbocycles. The summed E-state index contributed by atoms with van der Waals surface area (Å²) in [7, 11) is 1.36. The summed E-state index contributed by atoms with van der Waals surface area (Å²) in [5.41, 5.74) is 0.985. The molecule has 0 saturated carbocycles. The first-order valence-electron chi connectivity index (χ1n) is 6.02. The van der Waals surface area contributed by atoms with E-state index in [9.17, 15) is 4.79 Å². The van der Waals surface area contributed by atoms with Crippen LogP contribution in [0.2, 0.25) is 0 Å². The Morgan fingerprint density at radius 1 is 1.45 bits per heavy atom. The van der Waals surface area contributed by atoms with E-state index in [2.05, 4.69) is 25.4 Å². The van der Waals surface area contributed by atoms with E-state index in [4.69, 9.17) is 11.6 Å². The Hall–Kier alpha value is -2.08. The van der Waals surface area contributed by atoms with Gasteiger partial charge >= 0.3 is 5.97 Å². The highest BCUT2D eigenvalue weighted by atomic mass is 35.5. The van der Waals surface area contributed by atoms with Gasteiger partial charge < -0.3 is 15.4 Å². The van der Waals surface area contributed by atoms with E-state index in [0.717, 1.165) is 5.56 Å². The van der Waals surface area contributed by atoms with Crippen molar-refractivity contribution in [1.29, 1.82) is 0 Å². The third kappa shape index (κ3) is 3.71. The third-order valence-electron chi connectivity index (χ3n) is 2.66. The number of halogens is 1. The number of aliphatic imine (C=N–C) groups is 2. The average molecular weight is 295 g/mol. The molecule has 0 fully saturated rings. The van der Waals surface area contributed by atoms with Gasteiger partial charge in [-0.05, 0) is 24.6 Å². The minimum Gasteiger partial charge on any atom is -0.465 e. The molecule has 1 atom stereocenters. The van der Waals surface area contributed by atoms with Crippen molar-refractivity contribution >= 4 is 29.4 Å². The van der Waals surface area contributed by atoms with Crippen molar-refractivity contribution in [3.8, 4) is 0 Å². The van der Waals surface area contributed by atoms with Gasteiger partial charge in [0.15, 0.2) is 11.6 Å². The summed E-state index contributed by atoms with van der Waals surface area (Å²) >= 11 is 5.89. The molecule has 6 nitrogen and oxygen atoms in total. The van der Waals surface area contributed by atoms with Crippen LogP contribution in [0.4, 0.5) is 0 Å². The predicted molar refractivity (Wildman–Crippen MR) is 77.9 cm³/mol. The van der Waals surface area contributed by atoms with Crippen LogP contribution in [0.15, 0.2) is 34.3 Å². The lowest BCUT2D eigenvalue weighted by Crippen LogP contribution is -2.47. The van der Waals surface area contributed by atoms with Crippen molar-refractivity contribution in [3.63, 3.8) is 0 Å². The van der Waals surface area contributed by atoms with E-state index in [0.29, 0.717) is 23.9 Å². The summed E-state index contributed by atoms with van der Waals surface area (Å²) in [6, 6.07) is 7.08. The van der Waals surface area contributed by atoms with Crippen molar-refractivity contribution in [1.82, 2.24) is 10.6 Å². The quantitative estimate of drug-likeness (QED) is 0.503. The summed E-state index contributed by atoms with van der Waals surface area (Å²) in [4.78, 5) is 19.7. The largest absolute Gasteiger partial charge is 0.465 e. The number of esters is 1. The van der Waals surface area contributed by atoms with Crippen LogP contribution < -0.4 is 10.6 Å². The number of nitrogens with one attached hydrogen (secondary N) is 2. The molecule has 1 unspecified atom stereocenters. The van der Waals surface area contributed by atoms with Crippen LogP contribution in [-0.4, -0.2) is 30.5 Å². The fraction of sp³-hybridized carbons (Fsp3) is 0.308. The molecule has 0 amide bonds. The van der Waals surface area contributed by atoms with Crippen LogP contribution in [0.3, 0.4) is 0 Å². The van der Waals surface area contributed by atoms with Gasteiger partial charge in [0.2, 0.25) is 0 Å². The van der Waals surface area contributed by atoms with Crippen LogP contribution in [0.5, 0.6) is 0 Å². The maximum absolute atomic E-state index is 11.3. The lowest BCUT2D eigenvalue weighted by atomic mass is 10.1. The minimum absolute atomic E-state index is 0.352. The van der Waals surface area contributed by atoms with Crippen molar-refractivity contribution in [3.05, 3.63) is 35.4 Å². The molecule has 1 aliphatic heterocycles. The topological polar surface area (TPSA) is 75.1 Å². The van der Waals surface area contributed by atoms with Gasteiger partial charge in [-0.25, -0.2) is 14.8 Å². The second-order valence-electron chi connectivity index (χ2n) is 4.17. The van der Waals surface area contributed by atoms with E-state index in [1.54, 1.807) is 12.1 Å². The molecule has 0 spiro atoms. The standard InChI is InChI=1S/C13H15ClN4O2/c1-8-16-12(14)18-13(17-8)15-7-9-3-5-10(6-4-9)11(19)20-2/h3-6,12H,7H2,1-2H3,(H2,15,16,17,18). The summed E-state index contributed by atoms with van der Waals surface area (Å²) < 4.78 is 4.64. The van der Waals surface area contributed by atoms with E-state index >= 15 is 0 Å². The van der Waals surface area contributed by atoms with Crippen LogP contribution in [0.25, 0.3) is 0 Å². The van der Waals surface area contributed by atoms with E-state index in [1.807, 2.05) is 19.1 Å². The molecule has 20 heavy (non-hydrogen) atoms. The second kappa shape index (κ2) is 6.38. The maximum atomic E-state index is 11.3. The Bertz CT molecular complexity index is 554. The molecule has 1 heterocycles. The van der Waals surface area contributed by atoms with E-state index in [-0.39, 0.29) is 5.97 Å². The number of carbonyl (C=O) groups is 1. The van der Waals surface area contributed by atoms with Gasteiger partial charge in [0.25, 0.3) is 0 Å². The van der Waals surface area contributed by atoms with Gasteiger partial charge in [0.1, 0.15) is 5.84 Å². The predicted octanol–water partition coefficient (Wildman–Crippen LogP) is 1.46. The van der Waals surface area contributed by atoms with Crippen molar-refractivity contribution < 1.29 is 9.53 Å². The van der Waals surface area contributed by atoms with Gasteiger partial charge in [0, 0.05) is 0 Å². The fourth-order valence-corrected chi connectivity index (χ4v) is 1.92. The maximum Gasteiger partial charge on any atom is 0.337 e. The molecule has 106 valence electrons. The van der Waals surface area contributed by atoms with Crippen molar-refractivity contribution in [2.24, 2.45) is 9.98 Å². The number of hydrogen-bond acceptors (Lipinski definition) is 4. The molecule has 2 N–H and O–H groups in total. The molecule has 7 heteroatoms. The number of guanidine groups is 1. The Labute approximate surface area is 121 Å². The monoisotopic (exact) mass is 294 g/mol. The van der Waals surface area contributed by atoms with Crippen molar-refractivity contribution in [2.45, 2.75) is 19.1 Å². The molecule has 0 radical (unpaired) electrons. The van der Waals surface area contributed by atoms with Crippen LogP contribution in [0.1, 0.15) is 22.8 Å². The molecule has 1 aliphatic rings. The number of hydrogen-bond donors (Lipinski definition) is 2. The fourth-order valence-electron chi connectivity index (χ4n) is 1.67. The van der Waals surface area contributed by atoms with Gasteiger partial charge in [-0.15, -0.1) is 0 Å². The zero-order valence-corrected chi connectivity index (χ0v) is 11.9. The number of rotatable bonds is 3. The third-order valence-corrected chi connectivity index (χ3v) is 2.86. The van der Waals surface area contributed by atoms with Gasteiger partial charge in [-0.2, -0.15) is 0 Å². The minimum atomic E-state index is -0.503. The van der Waals surface area contributed by atoms with Gasteiger partial charge in [0.05, 0.1) is 19.2 Å². The Kier molecular flexibility index (Phi) is 4.57. The van der Waals surface area contributed by atoms with Crippen molar-refractivity contribution in [2.75, 3.05) is 7.11 Å². The number of benzene rings is 1. The normalized spacial score (nSPS) is 19.9. The number of amidine groups is 1. The lowest BCUT2D eigenvalue weighted by molar-refractivity contribution is 0.0600. The molecule has 2 rings (SSSR count). The van der Waals surface area contributed by atoms with E-state index in [1.165, 1.54) is 7.11 Å². The Morgan fingerprint density at radius 2 is 2.15 bits per heavy atom. The molecule has 0 aromatic heterocycles. The Morgan fingerprint density at radius 3 is 2.75 bits per heavy atom. The zero-order chi connectivity index (χ0) is 14.5. The molecule has 1 aromatic carbocycles. The highest BCUT2D eigenvalue weighted by Gasteiger charge is 2.12. The average Bonchev–Trinajstić information content (AvgIpc) is 2.44. The van der Waals surface area contributed by atoms with Crippen LogP contribution >= 0.6 is 11.6 Å². The molecule has 0 bridgehead atoms. The number of alkyl halides is 1. The summed E-state index contributed by atoms with van der Waals surface area (Å²) in [5, 5.41) is 5.88. The number of ether oxygens (including phenoxy) is 1. The number of methoxy groups -OCH3 is 1. The van der Waals surface area contributed by atoms with Gasteiger partial charge in [-0.1, -0.05) is 23.7 Å².